The van der Waals surface area contributed by atoms with E-state index in [1.165, 1.54) is 12.1 Å². The summed E-state index contributed by atoms with van der Waals surface area (Å²) in [4.78, 5) is 18.5. The molecule has 1 aliphatic heterocycles. The Morgan fingerprint density at radius 3 is 2.88 bits per heavy atom. The van der Waals surface area contributed by atoms with Crippen LogP contribution in [0, 0.1) is 5.82 Å². The van der Waals surface area contributed by atoms with E-state index in [1.54, 1.807) is 24.5 Å². The van der Waals surface area contributed by atoms with Gasteiger partial charge in [0.1, 0.15) is 17.6 Å². The topological polar surface area (TPSA) is 71.3 Å². The van der Waals surface area contributed by atoms with E-state index in [1.807, 2.05) is 23.1 Å². The van der Waals surface area contributed by atoms with E-state index in [4.69, 9.17) is 4.52 Å². The first-order valence-electron chi connectivity index (χ1n) is 8.34. The van der Waals surface area contributed by atoms with Gasteiger partial charge in [-0.1, -0.05) is 17.3 Å². The summed E-state index contributed by atoms with van der Waals surface area (Å²) in [5.41, 5.74) is 2.32. The van der Waals surface area contributed by atoms with Gasteiger partial charge in [-0.25, -0.2) is 4.39 Å². The summed E-state index contributed by atoms with van der Waals surface area (Å²) in [6.07, 6.45) is 3.42. The number of rotatable bonds is 4. The van der Waals surface area contributed by atoms with Gasteiger partial charge in [0.15, 0.2) is 5.76 Å². The number of nitrogens with one attached hydrogen (secondary N) is 1. The molecule has 3 aromatic rings. The average molecular weight is 352 g/mol. The highest BCUT2D eigenvalue weighted by molar-refractivity contribution is 5.83. The highest BCUT2D eigenvalue weighted by Crippen LogP contribution is 2.26. The van der Waals surface area contributed by atoms with Crippen molar-refractivity contribution in [2.24, 2.45) is 0 Å². The molecule has 26 heavy (non-hydrogen) atoms. The maximum atomic E-state index is 13.2. The van der Waals surface area contributed by atoms with Crippen molar-refractivity contribution in [3.8, 4) is 11.3 Å². The van der Waals surface area contributed by atoms with Crippen LogP contribution in [0.3, 0.4) is 0 Å². The van der Waals surface area contributed by atoms with Crippen LogP contribution in [0.15, 0.2) is 59.4 Å². The second kappa shape index (κ2) is 7.05. The van der Waals surface area contributed by atoms with E-state index in [0.717, 1.165) is 11.1 Å². The van der Waals surface area contributed by atoms with Gasteiger partial charge in [0.05, 0.1) is 6.54 Å². The Hall–Kier alpha value is -3.06. The van der Waals surface area contributed by atoms with Crippen LogP contribution in [-0.4, -0.2) is 34.0 Å². The average Bonchev–Trinajstić information content (AvgIpc) is 3.12. The number of nitrogens with zero attached hydrogens (tertiary/aromatic N) is 3. The van der Waals surface area contributed by atoms with Crippen molar-refractivity contribution in [3.05, 3.63) is 72.0 Å². The van der Waals surface area contributed by atoms with Gasteiger partial charge in [0.2, 0.25) is 5.91 Å². The van der Waals surface area contributed by atoms with E-state index < -0.39 is 6.04 Å². The van der Waals surface area contributed by atoms with Crippen LogP contribution in [-0.2, 0) is 11.3 Å². The van der Waals surface area contributed by atoms with Gasteiger partial charge in [-0.15, -0.1) is 0 Å². The molecule has 0 aliphatic carbocycles. The number of carbonyl (C=O) groups excluding carboxylic acids is 1. The van der Waals surface area contributed by atoms with Crippen LogP contribution in [0.2, 0.25) is 0 Å². The number of benzene rings is 1. The van der Waals surface area contributed by atoms with Crippen molar-refractivity contribution in [1.29, 1.82) is 0 Å². The van der Waals surface area contributed by atoms with Crippen molar-refractivity contribution in [2.45, 2.75) is 12.6 Å². The lowest BCUT2D eigenvalue weighted by Crippen LogP contribution is -2.49. The van der Waals surface area contributed by atoms with Crippen LogP contribution in [0.1, 0.15) is 17.4 Å². The fourth-order valence-electron chi connectivity index (χ4n) is 3.13. The maximum absolute atomic E-state index is 13.2. The second-order valence-corrected chi connectivity index (χ2v) is 6.14. The number of piperazine rings is 1. The van der Waals surface area contributed by atoms with Gasteiger partial charge >= 0.3 is 0 Å². The minimum absolute atomic E-state index is 0.102. The maximum Gasteiger partial charge on any atom is 0.242 e. The first-order valence-corrected chi connectivity index (χ1v) is 8.34. The molecule has 1 atom stereocenters. The highest BCUT2D eigenvalue weighted by Gasteiger charge is 2.31. The predicted octanol–water partition coefficient (Wildman–Crippen LogP) is 2.55. The standard InChI is InChI=1S/C19H17FN4O2/c20-15-5-3-13(4-6-15)18-19(25)22-8-9-24(18)12-16-10-17(23-26-16)14-2-1-7-21-11-14/h1-7,10-11,18H,8-9,12H2,(H,22,25). The number of hydrogen-bond donors (Lipinski definition) is 1. The smallest absolute Gasteiger partial charge is 0.242 e. The molecule has 3 heterocycles. The predicted molar refractivity (Wildman–Crippen MR) is 92.3 cm³/mol. The summed E-state index contributed by atoms with van der Waals surface area (Å²) >= 11 is 0. The lowest BCUT2D eigenvalue weighted by atomic mass is 10.0. The lowest BCUT2D eigenvalue weighted by molar-refractivity contribution is -0.129. The van der Waals surface area contributed by atoms with Gasteiger partial charge in [-0.2, -0.15) is 0 Å². The molecule has 0 spiro atoms. The molecule has 1 unspecified atom stereocenters. The Balaban J connectivity index is 1.56. The van der Waals surface area contributed by atoms with Gasteiger partial charge < -0.3 is 9.84 Å². The van der Waals surface area contributed by atoms with Gasteiger partial charge in [0, 0.05) is 37.1 Å². The monoisotopic (exact) mass is 352 g/mol. The van der Waals surface area contributed by atoms with E-state index >= 15 is 0 Å². The molecule has 1 aromatic carbocycles. The second-order valence-electron chi connectivity index (χ2n) is 6.14. The van der Waals surface area contributed by atoms with Gasteiger partial charge in [-0.05, 0) is 29.8 Å². The fourth-order valence-corrected chi connectivity index (χ4v) is 3.13. The summed E-state index contributed by atoms with van der Waals surface area (Å²) in [6, 6.07) is 11.1. The van der Waals surface area contributed by atoms with E-state index in [2.05, 4.69) is 15.5 Å². The third kappa shape index (κ3) is 3.34. The largest absolute Gasteiger partial charge is 0.359 e. The third-order valence-corrected chi connectivity index (χ3v) is 4.37. The summed E-state index contributed by atoms with van der Waals surface area (Å²) in [5.74, 6) is 0.230. The highest BCUT2D eigenvalue weighted by atomic mass is 19.1. The minimum Gasteiger partial charge on any atom is -0.359 e. The summed E-state index contributed by atoms with van der Waals surface area (Å²) < 4.78 is 18.7. The SMILES string of the molecule is O=C1NCCN(Cc2cc(-c3cccnc3)no2)C1c1ccc(F)cc1. The number of carbonyl (C=O) groups is 1. The molecule has 6 nitrogen and oxygen atoms in total. The Morgan fingerprint density at radius 1 is 1.27 bits per heavy atom. The molecule has 7 heteroatoms. The molecule has 1 fully saturated rings. The van der Waals surface area contributed by atoms with Gasteiger partial charge in [0.25, 0.3) is 0 Å². The number of halogens is 1. The minimum atomic E-state index is -0.490. The Morgan fingerprint density at radius 2 is 2.12 bits per heavy atom. The van der Waals surface area contributed by atoms with Crippen LogP contribution >= 0.6 is 0 Å². The van der Waals surface area contributed by atoms with Crippen LogP contribution < -0.4 is 5.32 Å². The first-order chi connectivity index (χ1) is 12.7. The zero-order valence-corrected chi connectivity index (χ0v) is 13.9. The molecule has 1 aliphatic rings. The molecular formula is C19H17FN4O2. The van der Waals surface area contributed by atoms with Crippen LogP contribution in [0.5, 0.6) is 0 Å². The Kier molecular flexibility index (Phi) is 4.45. The van der Waals surface area contributed by atoms with Crippen LogP contribution in [0.4, 0.5) is 4.39 Å². The molecule has 4 rings (SSSR count). The van der Waals surface area contributed by atoms with Crippen molar-refractivity contribution >= 4 is 5.91 Å². The molecule has 0 saturated carbocycles. The molecule has 1 N–H and O–H groups in total. The van der Waals surface area contributed by atoms with Gasteiger partial charge in [-0.3, -0.25) is 14.7 Å². The number of amides is 1. The number of hydrogen-bond acceptors (Lipinski definition) is 5. The van der Waals surface area contributed by atoms with E-state index in [9.17, 15) is 9.18 Å². The quantitative estimate of drug-likeness (QED) is 0.781. The molecule has 2 aromatic heterocycles. The number of pyridine rings is 1. The van der Waals surface area contributed by atoms with E-state index in [-0.39, 0.29) is 11.7 Å². The molecule has 0 bridgehead atoms. The molecule has 1 saturated heterocycles. The molecule has 0 radical (unpaired) electrons. The van der Waals surface area contributed by atoms with Crippen molar-refractivity contribution in [3.63, 3.8) is 0 Å². The lowest BCUT2D eigenvalue weighted by Gasteiger charge is -2.34. The normalized spacial score (nSPS) is 17.9. The summed E-state index contributed by atoms with van der Waals surface area (Å²) in [6.45, 7) is 1.65. The fraction of sp³-hybridized carbons (Fsp3) is 0.211. The molecule has 1 amide bonds. The van der Waals surface area contributed by atoms with Crippen molar-refractivity contribution in [2.75, 3.05) is 13.1 Å². The van der Waals surface area contributed by atoms with Crippen molar-refractivity contribution in [1.82, 2.24) is 20.4 Å². The van der Waals surface area contributed by atoms with Crippen LogP contribution in [0.25, 0.3) is 11.3 Å². The van der Waals surface area contributed by atoms with E-state index in [0.29, 0.717) is 31.1 Å². The van der Waals surface area contributed by atoms with Crippen molar-refractivity contribution < 1.29 is 13.7 Å². The Bertz CT molecular complexity index is 895. The molecular weight excluding hydrogens is 335 g/mol. The molecule has 132 valence electrons. The first kappa shape index (κ1) is 16.4. The summed E-state index contributed by atoms with van der Waals surface area (Å²) in [5, 5.41) is 6.95. The zero-order chi connectivity index (χ0) is 17.9. The Labute approximate surface area is 149 Å². The third-order valence-electron chi connectivity index (χ3n) is 4.37. The summed E-state index contributed by atoms with van der Waals surface area (Å²) in [7, 11) is 0. The zero-order valence-electron chi connectivity index (χ0n) is 13.9. The number of aromatic nitrogens is 2.